The summed E-state index contributed by atoms with van der Waals surface area (Å²) < 4.78 is 19.6. The van der Waals surface area contributed by atoms with E-state index >= 15 is 0 Å². The number of piperidine rings is 1. The minimum absolute atomic E-state index is 0.0635. The van der Waals surface area contributed by atoms with Crippen molar-refractivity contribution in [3.05, 3.63) is 53.8 Å². The number of phenolic OH excluding ortho intramolecular Hbond substituents is 1. The topological polar surface area (TPSA) is 108 Å². The molecule has 178 valence electrons. The van der Waals surface area contributed by atoms with Gasteiger partial charge in [0.15, 0.2) is 11.5 Å². The van der Waals surface area contributed by atoms with E-state index in [1.807, 2.05) is 6.92 Å². The van der Waals surface area contributed by atoms with Crippen molar-refractivity contribution in [2.24, 2.45) is 5.10 Å². The molecule has 1 aliphatic rings. The van der Waals surface area contributed by atoms with Gasteiger partial charge in [-0.05, 0) is 69.0 Å². The maximum Gasteiger partial charge on any atom is 0.250 e. The molecule has 0 saturated carbocycles. The van der Waals surface area contributed by atoms with Gasteiger partial charge in [-0.25, -0.2) is 9.82 Å². The molecule has 34 heavy (non-hydrogen) atoms. The molecule has 0 radical (unpaired) electrons. The number of aromatic nitrogens is 3. The van der Waals surface area contributed by atoms with Crippen LogP contribution in [0, 0.1) is 5.82 Å². The van der Waals surface area contributed by atoms with Crippen LogP contribution in [0.2, 0.25) is 0 Å². The monoisotopic (exact) mass is 465 g/mol. The molecule has 2 aromatic carbocycles. The van der Waals surface area contributed by atoms with E-state index in [1.165, 1.54) is 6.07 Å². The molecule has 1 fully saturated rings. The van der Waals surface area contributed by atoms with Gasteiger partial charge in [-0.3, -0.25) is 0 Å². The second-order valence-corrected chi connectivity index (χ2v) is 7.96. The largest absolute Gasteiger partial charge is 0.504 e. The van der Waals surface area contributed by atoms with Crippen LogP contribution in [0.4, 0.5) is 27.9 Å². The summed E-state index contributed by atoms with van der Waals surface area (Å²) in [6.07, 6.45) is 4.83. The first-order valence-corrected chi connectivity index (χ1v) is 11.3. The van der Waals surface area contributed by atoms with E-state index < -0.39 is 5.82 Å². The highest BCUT2D eigenvalue weighted by Gasteiger charge is 2.22. The van der Waals surface area contributed by atoms with Crippen LogP contribution in [0.25, 0.3) is 0 Å². The third-order valence-corrected chi connectivity index (χ3v) is 5.47. The lowest BCUT2D eigenvalue weighted by molar-refractivity contribution is 0.318. The second-order valence-electron chi connectivity index (χ2n) is 7.96. The fourth-order valence-electron chi connectivity index (χ4n) is 3.72. The van der Waals surface area contributed by atoms with Crippen LogP contribution in [0.1, 0.15) is 38.7 Å². The first kappa shape index (κ1) is 23.2. The lowest BCUT2D eigenvalue weighted by Gasteiger charge is -2.33. The lowest BCUT2D eigenvalue weighted by Crippen LogP contribution is -2.38. The van der Waals surface area contributed by atoms with Gasteiger partial charge in [0.1, 0.15) is 5.82 Å². The van der Waals surface area contributed by atoms with E-state index in [0.717, 1.165) is 31.4 Å². The highest BCUT2D eigenvalue weighted by atomic mass is 19.1. The number of para-hydroxylation sites is 1. The molecule has 1 aromatic heterocycles. The van der Waals surface area contributed by atoms with Gasteiger partial charge in [-0.2, -0.15) is 20.1 Å². The highest BCUT2D eigenvalue weighted by molar-refractivity contribution is 5.81. The Kier molecular flexibility index (Phi) is 7.36. The summed E-state index contributed by atoms with van der Waals surface area (Å²) in [6, 6.07) is 11.6. The van der Waals surface area contributed by atoms with Gasteiger partial charge in [0.05, 0.1) is 18.5 Å². The Morgan fingerprint density at radius 1 is 1.18 bits per heavy atom. The Morgan fingerprint density at radius 3 is 2.79 bits per heavy atom. The van der Waals surface area contributed by atoms with Crippen LogP contribution < -0.4 is 20.4 Å². The summed E-state index contributed by atoms with van der Waals surface area (Å²) in [5, 5.41) is 17.0. The number of halogens is 1. The first-order valence-electron chi connectivity index (χ1n) is 11.3. The fraction of sp³-hybridized carbons (Fsp3) is 0.333. The standard InChI is InChI=1S/C24H28FN7O2/c1-3-34-21-14-17(11-12-20(21)33)15-26-31-23-28-22(27-19-10-5-4-9-18(19)25)29-24(30-23)32-13-7-6-8-16(32)2/h4-5,9-12,14-16,33H,3,6-8,13H2,1-2H3,(H2,27,28,29,30,31)/b26-15-/t16-/m0/s1. The minimum Gasteiger partial charge on any atom is -0.504 e. The van der Waals surface area contributed by atoms with Crippen LogP contribution in [0.5, 0.6) is 11.5 Å². The van der Waals surface area contributed by atoms with Gasteiger partial charge in [-0.1, -0.05) is 12.1 Å². The number of hydrogen-bond acceptors (Lipinski definition) is 9. The van der Waals surface area contributed by atoms with Gasteiger partial charge in [0, 0.05) is 12.6 Å². The summed E-state index contributed by atoms with van der Waals surface area (Å²) >= 11 is 0. The van der Waals surface area contributed by atoms with Crippen molar-refractivity contribution in [1.82, 2.24) is 15.0 Å². The number of nitrogens with zero attached hydrogens (tertiary/aromatic N) is 5. The predicted octanol–water partition coefficient (Wildman–Crippen LogP) is 4.68. The minimum atomic E-state index is -0.402. The normalized spacial score (nSPS) is 16.0. The van der Waals surface area contributed by atoms with E-state index in [1.54, 1.807) is 42.6 Å². The van der Waals surface area contributed by atoms with E-state index in [0.29, 0.717) is 18.3 Å². The maximum absolute atomic E-state index is 14.2. The van der Waals surface area contributed by atoms with Crippen LogP contribution in [-0.4, -0.2) is 45.5 Å². The van der Waals surface area contributed by atoms with Crippen LogP contribution in [0.15, 0.2) is 47.6 Å². The predicted molar refractivity (Wildman–Crippen MR) is 131 cm³/mol. The van der Waals surface area contributed by atoms with E-state index in [9.17, 15) is 9.50 Å². The molecule has 9 nitrogen and oxygen atoms in total. The molecule has 0 unspecified atom stereocenters. The highest BCUT2D eigenvalue weighted by Crippen LogP contribution is 2.27. The second kappa shape index (κ2) is 10.8. The van der Waals surface area contributed by atoms with E-state index in [-0.39, 0.29) is 29.4 Å². The van der Waals surface area contributed by atoms with Gasteiger partial charge < -0.3 is 20.1 Å². The van der Waals surface area contributed by atoms with Crippen molar-refractivity contribution >= 4 is 29.7 Å². The van der Waals surface area contributed by atoms with Gasteiger partial charge in [0.2, 0.25) is 17.8 Å². The molecular formula is C24H28FN7O2. The average Bonchev–Trinajstić information content (AvgIpc) is 2.83. The molecule has 10 heteroatoms. The van der Waals surface area contributed by atoms with Crippen LogP contribution >= 0.6 is 0 Å². The smallest absolute Gasteiger partial charge is 0.250 e. The maximum atomic E-state index is 14.2. The molecule has 1 atom stereocenters. The van der Waals surface area contributed by atoms with Crippen molar-refractivity contribution in [3.8, 4) is 11.5 Å². The van der Waals surface area contributed by atoms with Crippen LogP contribution in [-0.2, 0) is 0 Å². The number of hydrogen-bond donors (Lipinski definition) is 3. The zero-order valence-corrected chi connectivity index (χ0v) is 19.2. The average molecular weight is 466 g/mol. The summed E-state index contributed by atoms with van der Waals surface area (Å²) in [6.45, 7) is 5.25. The zero-order chi connectivity index (χ0) is 23.9. The number of anilines is 4. The summed E-state index contributed by atoms with van der Waals surface area (Å²) in [5.41, 5.74) is 3.83. The van der Waals surface area contributed by atoms with Gasteiger partial charge in [0.25, 0.3) is 0 Å². The Balaban J connectivity index is 1.59. The summed E-state index contributed by atoms with van der Waals surface area (Å²) in [7, 11) is 0. The first-order chi connectivity index (χ1) is 16.5. The number of ether oxygens (including phenoxy) is 1. The van der Waals surface area contributed by atoms with Crippen molar-refractivity contribution < 1.29 is 14.2 Å². The van der Waals surface area contributed by atoms with Crippen molar-refractivity contribution in [2.45, 2.75) is 39.2 Å². The molecule has 0 spiro atoms. The fourth-order valence-corrected chi connectivity index (χ4v) is 3.72. The lowest BCUT2D eigenvalue weighted by atomic mass is 10.0. The molecule has 3 N–H and O–H groups in total. The number of phenols is 1. The third-order valence-electron chi connectivity index (χ3n) is 5.47. The molecule has 2 heterocycles. The number of benzene rings is 2. The van der Waals surface area contributed by atoms with Crippen molar-refractivity contribution in [2.75, 3.05) is 28.8 Å². The van der Waals surface area contributed by atoms with Crippen molar-refractivity contribution in [1.29, 1.82) is 0 Å². The van der Waals surface area contributed by atoms with E-state index in [4.69, 9.17) is 4.74 Å². The molecule has 1 aliphatic heterocycles. The Hall–Kier alpha value is -3.95. The summed E-state index contributed by atoms with van der Waals surface area (Å²) in [5.74, 6) is 0.983. The third kappa shape index (κ3) is 5.69. The van der Waals surface area contributed by atoms with E-state index in [2.05, 4.69) is 42.6 Å². The number of nitrogens with one attached hydrogen (secondary N) is 2. The molecule has 0 amide bonds. The van der Waals surface area contributed by atoms with Crippen LogP contribution in [0.3, 0.4) is 0 Å². The molecule has 0 bridgehead atoms. The SMILES string of the molecule is CCOc1cc(/C=N\Nc2nc(Nc3ccccc3F)nc(N3CCCC[C@@H]3C)n2)ccc1O. The Labute approximate surface area is 197 Å². The number of aromatic hydroxyl groups is 1. The molecule has 3 aromatic rings. The quantitative estimate of drug-likeness (QED) is 0.325. The Bertz CT molecular complexity index is 1160. The number of hydrazone groups is 1. The van der Waals surface area contributed by atoms with Gasteiger partial charge >= 0.3 is 0 Å². The molecule has 4 rings (SSSR count). The molecule has 1 saturated heterocycles. The zero-order valence-electron chi connectivity index (χ0n) is 19.2. The van der Waals surface area contributed by atoms with Crippen molar-refractivity contribution in [3.63, 3.8) is 0 Å². The Morgan fingerprint density at radius 2 is 2.00 bits per heavy atom. The summed E-state index contributed by atoms with van der Waals surface area (Å²) in [4.78, 5) is 15.6. The molecular weight excluding hydrogens is 437 g/mol. The van der Waals surface area contributed by atoms with Gasteiger partial charge in [-0.15, -0.1) is 0 Å². The number of rotatable bonds is 8. The molecule has 0 aliphatic carbocycles.